The van der Waals surface area contributed by atoms with Gasteiger partial charge in [0.1, 0.15) is 0 Å². The summed E-state index contributed by atoms with van der Waals surface area (Å²) in [5.41, 5.74) is 0.900. The van der Waals surface area contributed by atoms with Crippen LogP contribution in [-0.4, -0.2) is 19.8 Å². The number of rotatable bonds is 15. The van der Waals surface area contributed by atoms with Crippen LogP contribution in [0.2, 0.25) is 0 Å². The summed E-state index contributed by atoms with van der Waals surface area (Å²) in [6.07, 6.45) is 10.2. The molecule has 1 rings (SSSR count). The van der Waals surface area contributed by atoms with Gasteiger partial charge in [-0.05, 0) is 43.9 Å². The van der Waals surface area contributed by atoms with E-state index < -0.39 is 0 Å². The van der Waals surface area contributed by atoms with Crippen molar-refractivity contribution in [1.82, 2.24) is 0 Å². The molecule has 0 spiro atoms. The van der Waals surface area contributed by atoms with Gasteiger partial charge in [0.05, 0.1) is 19.8 Å². The Morgan fingerprint density at radius 1 is 0.640 bits per heavy atom. The molecule has 0 amide bonds. The van der Waals surface area contributed by atoms with Crippen molar-refractivity contribution in [2.24, 2.45) is 0 Å². The maximum absolute atomic E-state index is 6.06. The fraction of sp³-hybridized carbons (Fsp3) is 0.682. The molecule has 0 saturated heterocycles. The van der Waals surface area contributed by atoms with Gasteiger partial charge in [-0.15, -0.1) is 0 Å². The predicted octanol–water partition coefficient (Wildman–Crippen LogP) is 6.58. The summed E-state index contributed by atoms with van der Waals surface area (Å²) in [4.78, 5) is 0. The molecule has 1 aromatic rings. The molecule has 1 aromatic carbocycles. The van der Waals surface area contributed by atoms with Gasteiger partial charge in [0, 0.05) is 0 Å². The molecule has 0 aliphatic heterocycles. The van der Waals surface area contributed by atoms with Gasteiger partial charge in [0.25, 0.3) is 0 Å². The van der Waals surface area contributed by atoms with E-state index in [4.69, 9.17) is 14.2 Å². The average Bonchev–Trinajstić information content (AvgIpc) is 2.60. The maximum Gasteiger partial charge on any atom is 0.203 e. The minimum absolute atomic E-state index is 0.695. The number of hydrogen-bond acceptors (Lipinski definition) is 3. The Labute approximate surface area is 155 Å². The standard InChI is InChI=1S/C22H37O3/c1-5-8-11-14-23-20-17-19(4)18-21(24-15-12-9-6-2)22(20)25-16-13-10-7-3/h17-18H,4-16H2,1-3H3. The molecule has 0 aliphatic carbocycles. The predicted molar refractivity (Wildman–Crippen MR) is 106 cm³/mol. The van der Waals surface area contributed by atoms with Crippen LogP contribution in [0.5, 0.6) is 17.2 Å². The molecule has 0 fully saturated rings. The zero-order chi connectivity index (χ0) is 18.3. The fourth-order valence-electron chi connectivity index (χ4n) is 2.58. The highest BCUT2D eigenvalue weighted by Crippen LogP contribution is 2.39. The molecule has 1 radical (unpaired) electrons. The summed E-state index contributed by atoms with van der Waals surface area (Å²) in [5.74, 6) is 2.28. The van der Waals surface area contributed by atoms with Crippen LogP contribution in [0.1, 0.15) is 84.1 Å². The van der Waals surface area contributed by atoms with Crippen molar-refractivity contribution in [2.75, 3.05) is 19.8 Å². The number of unbranched alkanes of at least 4 members (excludes halogenated alkanes) is 6. The number of benzene rings is 1. The normalized spacial score (nSPS) is 10.7. The smallest absolute Gasteiger partial charge is 0.203 e. The van der Waals surface area contributed by atoms with Crippen molar-refractivity contribution >= 4 is 0 Å². The summed E-state index contributed by atoms with van der Waals surface area (Å²) in [7, 11) is 0. The summed E-state index contributed by atoms with van der Waals surface area (Å²) in [6, 6.07) is 3.92. The van der Waals surface area contributed by atoms with E-state index in [1.165, 1.54) is 38.5 Å². The first-order valence-electron chi connectivity index (χ1n) is 10.1. The summed E-state index contributed by atoms with van der Waals surface area (Å²) < 4.78 is 18.1. The van der Waals surface area contributed by atoms with Crippen molar-refractivity contribution in [1.29, 1.82) is 0 Å². The number of hydrogen-bond donors (Lipinski definition) is 0. The second kappa shape index (κ2) is 13.9. The van der Waals surface area contributed by atoms with Crippen LogP contribution in [0, 0.1) is 6.92 Å². The lowest BCUT2D eigenvalue weighted by Gasteiger charge is -2.18. The van der Waals surface area contributed by atoms with Gasteiger partial charge in [-0.2, -0.15) is 0 Å². The zero-order valence-electron chi connectivity index (χ0n) is 16.6. The molecule has 0 heterocycles. The molecule has 0 aliphatic rings. The van der Waals surface area contributed by atoms with E-state index >= 15 is 0 Å². The van der Waals surface area contributed by atoms with Crippen molar-refractivity contribution < 1.29 is 14.2 Å². The Hall–Kier alpha value is -1.38. The maximum atomic E-state index is 6.06. The second-order valence-corrected chi connectivity index (χ2v) is 6.59. The van der Waals surface area contributed by atoms with Crippen LogP contribution in [0.15, 0.2) is 12.1 Å². The number of ether oxygens (including phenoxy) is 3. The van der Waals surface area contributed by atoms with Gasteiger partial charge in [0.2, 0.25) is 5.75 Å². The first kappa shape index (κ1) is 21.7. The van der Waals surface area contributed by atoms with Crippen LogP contribution in [0.3, 0.4) is 0 Å². The molecule has 0 unspecified atom stereocenters. The first-order valence-corrected chi connectivity index (χ1v) is 10.1. The Kier molecular flexibility index (Phi) is 12.0. The van der Waals surface area contributed by atoms with Gasteiger partial charge >= 0.3 is 0 Å². The third-order valence-corrected chi connectivity index (χ3v) is 4.09. The van der Waals surface area contributed by atoms with Crippen molar-refractivity contribution in [3.63, 3.8) is 0 Å². The Balaban J connectivity index is 2.79. The van der Waals surface area contributed by atoms with E-state index in [1.807, 2.05) is 12.1 Å². The molecule has 0 aromatic heterocycles. The molecule has 0 bridgehead atoms. The zero-order valence-corrected chi connectivity index (χ0v) is 16.6. The lowest BCUT2D eigenvalue weighted by atomic mass is 10.2. The van der Waals surface area contributed by atoms with Gasteiger partial charge in [-0.25, -0.2) is 0 Å². The topological polar surface area (TPSA) is 27.7 Å². The highest BCUT2D eigenvalue weighted by molar-refractivity contribution is 5.54. The molecule has 0 atom stereocenters. The van der Waals surface area contributed by atoms with Crippen molar-refractivity contribution in [2.45, 2.75) is 78.6 Å². The van der Waals surface area contributed by atoms with Crippen LogP contribution in [0.4, 0.5) is 0 Å². The van der Waals surface area contributed by atoms with Crippen molar-refractivity contribution in [3.05, 3.63) is 24.6 Å². The molecule has 3 heteroatoms. The lowest BCUT2D eigenvalue weighted by molar-refractivity contribution is 0.235. The average molecular weight is 350 g/mol. The second-order valence-electron chi connectivity index (χ2n) is 6.59. The minimum Gasteiger partial charge on any atom is -0.490 e. The molecular weight excluding hydrogens is 312 g/mol. The Morgan fingerprint density at radius 3 is 1.44 bits per heavy atom. The van der Waals surface area contributed by atoms with Crippen LogP contribution >= 0.6 is 0 Å². The molecule has 0 saturated carbocycles. The Bertz CT molecular complexity index is 424. The highest BCUT2D eigenvalue weighted by atomic mass is 16.5. The third kappa shape index (κ3) is 9.04. The van der Waals surface area contributed by atoms with Gasteiger partial charge in [-0.1, -0.05) is 59.3 Å². The van der Waals surface area contributed by atoms with Crippen LogP contribution < -0.4 is 14.2 Å². The largest absolute Gasteiger partial charge is 0.490 e. The van der Waals surface area contributed by atoms with E-state index in [9.17, 15) is 0 Å². The van der Waals surface area contributed by atoms with Crippen LogP contribution in [-0.2, 0) is 0 Å². The third-order valence-electron chi connectivity index (χ3n) is 4.09. The monoisotopic (exact) mass is 349 g/mol. The molecule has 143 valence electrons. The van der Waals surface area contributed by atoms with Gasteiger partial charge in [0.15, 0.2) is 11.5 Å². The fourth-order valence-corrected chi connectivity index (χ4v) is 2.58. The van der Waals surface area contributed by atoms with Gasteiger partial charge in [-0.3, -0.25) is 0 Å². The molecule has 0 N–H and O–H groups in total. The lowest BCUT2D eigenvalue weighted by Crippen LogP contribution is -2.06. The molecule has 3 nitrogen and oxygen atoms in total. The van der Waals surface area contributed by atoms with Crippen LogP contribution in [0.25, 0.3) is 0 Å². The summed E-state index contributed by atoms with van der Waals surface area (Å²) >= 11 is 0. The van der Waals surface area contributed by atoms with E-state index in [0.717, 1.165) is 42.1 Å². The van der Waals surface area contributed by atoms with E-state index in [2.05, 4.69) is 27.7 Å². The highest BCUT2D eigenvalue weighted by Gasteiger charge is 2.14. The van der Waals surface area contributed by atoms with Gasteiger partial charge < -0.3 is 14.2 Å². The minimum atomic E-state index is 0.695. The first-order chi connectivity index (χ1) is 12.2. The summed E-state index contributed by atoms with van der Waals surface area (Å²) in [5, 5.41) is 0. The SMILES string of the molecule is [CH2]c1cc(OCCCCC)c(OCCCCC)c(OCCCCC)c1. The quantitative estimate of drug-likeness (QED) is 0.335. The van der Waals surface area contributed by atoms with Crippen molar-refractivity contribution in [3.8, 4) is 17.2 Å². The molecular formula is C22H37O3. The Morgan fingerprint density at radius 2 is 1.04 bits per heavy atom. The van der Waals surface area contributed by atoms with E-state index in [-0.39, 0.29) is 0 Å². The summed E-state index contributed by atoms with van der Waals surface area (Å²) in [6.45, 7) is 12.8. The van der Waals surface area contributed by atoms with E-state index in [1.54, 1.807) is 0 Å². The van der Waals surface area contributed by atoms with E-state index in [0.29, 0.717) is 19.8 Å². The molecule has 25 heavy (non-hydrogen) atoms.